The monoisotopic (exact) mass is 260 g/mol. The Morgan fingerprint density at radius 3 is 1.75 bits per heavy atom. The van der Waals surface area contributed by atoms with Crippen molar-refractivity contribution in [3.8, 4) is 11.8 Å². The van der Waals surface area contributed by atoms with E-state index in [1.165, 1.54) is 0 Å². The molecule has 0 aromatic heterocycles. The smallest absolute Gasteiger partial charge is 0.150 e. The van der Waals surface area contributed by atoms with E-state index in [4.69, 9.17) is 0 Å². The lowest BCUT2D eigenvalue weighted by molar-refractivity contribution is 0.111. The third-order valence-corrected chi connectivity index (χ3v) is 2.69. The van der Waals surface area contributed by atoms with Gasteiger partial charge in [0.1, 0.15) is 12.6 Å². The molecule has 2 aromatic rings. The van der Waals surface area contributed by atoms with Crippen molar-refractivity contribution in [2.75, 3.05) is 0 Å². The van der Waals surface area contributed by atoms with Crippen molar-refractivity contribution < 1.29 is 9.59 Å². The highest BCUT2D eigenvalue weighted by atomic mass is 16.1. The summed E-state index contributed by atoms with van der Waals surface area (Å²) in [6.45, 7) is 0. The van der Waals surface area contributed by atoms with Crippen LogP contribution >= 0.6 is 0 Å². The highest BCUT2D eigenvalue weighted by Gasteiger charge is 1.89. The minimum absolute atomic E-state index is 0.640. The molecule has 0 heterocycles. The Bertz CT molecular complexity index is 681. The van der Waals surface area contributed by atoms with Gasteiger partial charge < -0.3 is 0 Å². The zero-order valence-electron chi connectivity index (χ0n) is 10.7. The topological polar surface area (TPSA) is 34.1 Å². The molecule has 2 nitrogen and oxygen atoms in total. The molecule has 0 fully saturated rings. The molecule has 0 saturated heterocycles. The summed E-state index contributed by atoms with van der Waals surface area (Å²) in [5.74, 6) is 5.91. The van der Waals surface area contributed by atoms with Crippen LogP contribution in [0.3, 0.4) is 0 Å². The first-order chi connectivity index (χ1) is 9.81. The van der Waals surface area contributed by atoms with Crippen molar-refractivity contribution in [1.82, 2.24) is 0 Å². The summed E-state index contributed by atoms with van der Waals surface area (Å²) in [4.78, 5) is 21.0. The van der Waals surface area contributed by atoms with Gasteiger partial charge in [-0.1, -0.05) is 48.2 Å². The Morgan fingerprint density at radius 1 is 0.700 bits per heavy atom. The molecule has 0 spiro atoms. The fourth-order valence-corrected chi connectivity index (χ4v) is 1.59. The average Bonchev–Trinajstić information content (AvgIpc) is 2.53. The van der Waals surface area contributed by atoms with E-state index in [0.29, 0.717) is 11.1 Å². The summed E-state index contributed by atoms with van der Waals surface area (Å²) in [5.41, 5.74) is 3.14. The summed E-state index contributed by atoms with van der Waals surface area (Å²) in [7, 11) is 0. The largest absolute Gasteiger partial charge is 0.298 e. The van der Waals surface area contributed by atoms with Gasteiger partial charge in [-0.3, -0.25) is 9.59 Å². The molecule has 0 bridgehead atoms. The van der Waals surface area contributed by atoms with Crippen LogP contribution in [-0.2, 0) is 0 Å². The molecule has 0 aliphatic rings. The first-order valence-electron chi connectivity index (χ1n) is 6.10. The van der Waals surface area contributed by atoms with Crippen LogP contribution in [0.1, 0.15) is 31.8 Å². The van der Waals surface area contributed by atoms with Gasteiger partial charge in [0.2, 0.25) is 0 Å². The van der Waals surface area contributed by atoms with E-state index in [1.807, 2.05) is 30.3 Å². The van der Waals surface area contributed by atoms with Crippen molar-refractivity contribution in [2.45, 2.75) is 0 Å². The number of carbonyl (C=O) groups is 2. The van der Waals surface area contributed by atoms with Crippen LogP contribution in [0.4, 0.5) is 0 Å². The molecule has 2 heteroatoms. The van der Waals surface area contributed by atoms with E-state index in [2.05, 4.69) is 11.8 Å². The number of hydrogen-bond donors (Lipinski definition) is 0. The van der Waals surface area contributed by atoms with Gasteiger partial charge in [0.15, 0.2) is 0 Å². The average molecular weight is 260 g/mol. The van der Waals surface area contributed by atoms with E-state index < -0.39 is 0 Å². The summed E-state index contributed by atoms with van der Waals surface area (Å²) in [6, 6.07) is 14.3. The van der Waals surface area contributed by atoms with E-state index in [0.717, 1.165) is 23.7 Å². The zero-order valence-corrected chi connectivity index (χ0v) is 10.7. The van der Waals surface area contributed by atoms with Crippen LogP contribution < -0.4 is 0 Å². The quantitative estimate of drug-likeness (QED) is 0.626. The molecule has 0 aliphatic heterocycles. The Kier molecular flexibility index (Phi) is 4.64. The Hall–Kier alpha value is -2.92. The molecule has 0 radical (unpaired) electrons. The van der Waals surface area contributed by atoms with E-state index >= 15 is 0 Å². The molecule has 0 saturated carbocycles. The van der Waals surface area contributed by atoms with Crippen LogP contribution in [0, 0.1) is 11.8 Å². The Labute approximate surface area is 117 Å². The molecule has 2 rings (SSSR count). The van der Waals surface area contributed by atoms with E-state index in [1.54, 1.807) is 30.3 Å². The van der Waals surface area contributed by atoms with Crippen LogP contribution in [-0.4, -0.2) is 12.6 Å². The van der Waals surface area contributed by atoms with E-state index in [-0.39, 0.29) is 0 Å². The number of allylic oxidation sites excluding steroid dienone is 1. The molecule has 0 aliphatic carbocycles. The van der Waals surface area contributed by atoms with Crippen molar-refractivity contribution in [3.05, 3.63) is 76.9 Å². The SMILES string of the molecule is O=Cc1ccc(C#C/C=C/c2ccc(C=O)cc2)cc1. The molecular formula is C18H12O2. The highest BCUT2D eigenvalue weighted by Crippen LogP contribution is 2.04. The normalized spacial score (nSPS) is 9.80. The molecule has 96 valence electrons. The standard InChI is InChI=1S/C18H12O2/c19-13-17-9-5-15(6-10-17)3-1-2-4-16-7-11-18(14-20)12-8-16/h1,3,5-14H/b3-1+. The number of aldehydes is 2. The lowest BCUT2D eigenvalue weighted by atomic mass is 10.1. The van der Waals surface area contributed by atoms with Gasteiger partial charge >= 0.3 is 0 Å². The molecule has 0 N–H and O–H groups in total. The first kappa shape index (κ1) is 13.5. The summed E-state index contributed by atoms with van der Waals surface area (Å²) in [5, 5.41) is 0. The van der Waals surface area contributed by atoms with Gasteiger partial charge in [0.05, 0.1) is 0 Å². The molecule has 0 amide bonds. The second-order valence-corrected chi connectivity index (χ2v) is 4.13. The van der Waals surface area contributed by atoms with Gasteiger partial charge in [-0.2, -0.15) is 0 Å². The third kappa shape index (κ3) is 3.79. The summed E-state index contributed by atoms with van der Waals surface area (Å²) >= 11 is 0. The maximum absolute atomic E-state index is 10.5. The maximum atomic E-state index is 10.5. The maximum Gasteiger partial charge on any atom is 0.150 e. The van der Waals surface area contributed by atoms with E-state index in [9.17, 15) is 9.59 Å². The fourth-order valence-electron chi connectivity index (χ4n) is 1.59. The van der Waals surface area contributed by atoms with Crippen molar-refractivity contribution in [1.29, 1.82) is 0 Å². The predicted molar refractivity (Wildman–Crippen MR) is 79.6 cm³/mol. The summed E-state index contributed by atoms with van der Waals surface area (Å²) in [6.07, 6.45) is 5.25. The fraction of sp³-hybridized carbons (Fsp3) is 0. The number of rotatable bonds is 3. The van der Waals surface area contributed by atoms with Crippen molar-refractivity contribution in [2.24, 2.45) is 0 Å². The van der Waals surface area contributed by atoms with Crippen LogP contribution in [0.25, 0.3) is 6.08 Å². The van der Waals surface area contributed by atoms with Crippen LogP contribution in [0.5, 0.6) is 0 Å². The zero-order chi connectivity index (χ0) is 14.2. The van der Waals surface area contributed by atoms with Gasteiger partial charge in [-0.15, -0.1) is 0 Å². The van der Waals surface area contributed by atoms with Crippen molar-refractivity contribution in [3.63, 3.8) is 0 Å². The Balaban J connectivity index is 2.03. The van der Waals surface area contributed by atoms with Gasteiger partial charge in [-0.05, 0) is 29.8 Å². The van der Waals surface area contributed by atoms with Crippen LogP contribution in [0.2, 0.25) is 0 Å². The first-order valence-corrected chi connectivity index (χ1v) is 6.10. The number of benzene rings is 2. The lowest BCUT2D eigenvalue weighted by Gasteiger charge is -1.92. The third-order valence-electron chi connectivity index (χ3n) is 2.69. The minimum atomic E-state index is 0.640. The second-order valence-electron chi connectivity index (χ2n) is 4.13. The van der Waals surface area contributed by atoms with Crippen molar-refractivity contribution >= 4 is 18.6 Å². The predicted octanol–water partition coefficient (Wildman–Crippen LogP) is 3.38. The number of hydrogen-bond acceptors (Lipinski definition) is 2. The molecule has 2 aromatic carbocycles. The van der Waals surface area contributed by atoms with Crippen LogP contribution in [0.15, 0.2) is 54.6 Å². The van der Waals surface area contributed by atoms with Gasteiger partial charge in [0, 0.05) is 16.7 Å². The summed E-state index contributed by atoms with van der Waals surface area (Å²) < 4.78 is 0. The van der Waals surface area contributed by atoms with Gasteiger partial charge in [-0.25, -0.2) is 0 Å². The van der Waals surface area contributed by atoms with Gasteiger partial charge in [0.25, 0.3) is 0 Å². The molecule has 0 atom stereocenters. The molecule has 0 unspecified atom stereocenters. The minimum Gasteiger partial charge on any atom is -0.298 e. The molecule has 20 heavy (non-hydrogen) atoms. The highest BCUT2D eigenvalue weighted by molar-refractivity contribution is 5.75. The molecular weight excluding hydrogens is 248 g/mol. The number of carbonyl (C=O) groups excluding carboxylic acids is 2. The second kappa shape index (κ2) is 6.86. The Morgan fingerprint density at radius 2 is 1.20 bits per heavy atom. The lowest BCUT2D eigenvalue weighted by Crippen LogP contribution is -1.79.